The van der Waals surface area contributed by atoms with Crippen LogP contribution in [-0.2, 0) is 0 Å². The van der Waals surface area contributed by atoms with Gasteiger partial charge < -0.3 is 0 Å². The van der Waals surface area contributed by atoms with Gasteiger partial charge in [-0.3, -0.25) is 0 Å². The summed E-state index contributed by atoms with van der Waals surface area (Å²) >= 11 is 0. The molecule has 0 nitrogen and oxygen atoms in total. The van der Waals surface area contributed by atoms with Gasteiger partial charge in [0.25, 0.3) is 0 Å². The fourth-order valence-corrected chi connectivity index (χ4v) is 2.07. The van der Waals surface area contributed by atoms with Gasteiger partial charge in [-0.1, -0.05) is 66.8 Å². The summed E-state index contributed by atoms with van der Waals surface area (Å²) in [5.74, 6) is 0.447. The van der Waals surface area contributed by atoms with E-state index in [0.717, 1.165) is 0 Å². The van der Waals surface area contributed by atoms with Crippen molar-refractivity contribution in [1.82, 2.24) is 0 Å². The smallest absolute Gasteiger partial charge is 0.0205 e. The van der Waals surface area contributed by atoms with Crippen LogP contribution in [0, 0.1) is 5.92 Å². The number of allylic oxidation sites excluding steroid dienone is 6. The lowest BCUT2D eigenvalue weighted by Crippen LogP contribution is -1.96. The number of hydrogen-bond acceptors (Lipinski definition) is 0. The van der Waals surface area contributed by atoms with Crippen LogP contribution in [0.2, 0.25) is 0 Å². The third-order valence-corrected chi connectivity index (χ3v) is 2.90. The quantitative estimate of drug-likeness (QED) is 0.586. The minimum absolute atomic E-state index is 0.447. The molecule has 0 saturated carbocycles. The van der Waals surface area contributed by atoms with E-state index in [4.69, 9.17) is 0 Å². The molecule has 2 aliphatic carbocycles. The Morgan fingerprint density at radius 1 is 0.800 bits per heavy atom. The summed E-state index contributed by atoms with van der Waals surface area (Å²) in [6.45, 7) is 0. The van der Waals surface area contributed by atoms with Gasteiger partial charge in [-0.05, 0) is 16.7 Å². The van der Waals surface area contributed by atoms with Crippen LogP contribution in [0.4, 0.5) is 0 Å². The first-order valence-corrected chi connectivity index (χ1v) is 5.27. The van der Waals surface area contributed by atoms with Crippen molar-refractivity contribution in [3.8, 4) is 0 Å². The van der Waals surface area contributed by atoms with E-state index in [2.05, 4.69) is 66.8 Å². The fourth-order valence-electron chi connectivity index (χ4n) is 2.07. The van der Waals surface area contributed by atoms with E-state index in [-0.39, 0.29) is 0 Å². The minimum atomic E-state index is 0.447. The highest BCUT2D eigenvalue weighted by molar-refractivity contribution is 5.72. The molecule has 2 aliphatic rings. The van der Waals surface area contributed by atoms with Crippen molar-refractivity contribution in [3.05, 3.63) is 71.3 Å². The molecular formula is C15H12. The van der Waals surface area contributed by atoms with Gasteiger partial charge in [0.1, 0.15) is 0 Å². The summed E-state index contributed by atoms with van der Waals surface area (Å²) in [4.78, 5) is 0. The number of fused-ring (bicyclic) bond motifs is 2. The molecule has 0 aromatic heterocycles. The van der Waals surface area contributed by atoms with Gasteiger partial charge in [0.2, 0.25) is 0 Å². The second kappa shape index (κ2) is 3.39. The Bertz CT molecular complexity index is 499. The van der Waals surface area contributed by atoms with Gasteiger partial charge in [-0.15, -0.1) is 0 Å². The molecule has 0 spiro atoms. The molecule has 0 radical (unpaired) electrons. The Morgan fingerprint density at radius 3 is 2.60 bits per heavy atom. The number of benzene rings is 1. The SMILES string of the molecule is C1=CC2=Cc3ccccc3C=CC2C=C1. The lowest BCUT2D eigenvalue weighted by molar-refractivity contribution is 1.01. The molecule has 3 rings (SSSR count). The molecule has 15 heavy (non-hydrogen) atoms. The minimum Gasteiger partial charge on any atom is -0.0732 e. The van der Waals surface area contributed by atoms with Gasteiger partial charge in [0, 0.05) is 5.92 Å². The maximum atomic E-state index is 2.28. The van der Waals surface area contributed by atoms with Crippen molar-refractivity contribution >= 4 is 12.2 Å². The fraction of sp³-hybridized carbons (Fsp3) is 0.0667. The Kier molecular flexibility index (Phi) is 1.92. The van der Waals surface area contributed by atoms with E-state index in [0.29, 0.717) is 5.92 Å². The molecule has 0 heteroatoms. The van der Waals surface area contributed by atoms with Crippen molar-refractivity contribution < 1.29 is 0 Å². The Labute approximate surface area is 89.9 Å². The summed E-state index contributed by atoms with van der Waals surface area (Å²) < 4.78 is 0. The van der Waals surface area contributed by atoms with Gasteiger partial charge >= 0.3 is 0 Å². The third-order valence-electron chi connectivity index (χ3n) is 2.90. The Morgan fingerprint density at radius 2 is 1.67 bits per heavy atom. The average Bonchev–Trinajstić information content (AvgIpc) is 2.48. The second-order valence-corrected chi connectivity index (χ2v) is 3.90. The molecule has 0 bridgehead atoms. The van der Waals surface area contributed by atoms with Gasteiger partial charge in [-0.2, -0.15) is 0 Å². The molecule has 0 heterocycles. The largest absolute Gasteiger partial charge is 0.0732 e. The first-order valence-electron chi connectivity index (χ1n) is 5.27. The summed E-state index contributed by atoms with van der Waals surface area (Å²) in [7, 11) is 0. The third kappa shape index (κ3) is 1.48. The highest BCUT2D eigenvalue weighted by Crippen LogP contribution is 2.28. The lowest BCUT2D eigenvalue weighted by Gasteiger charge is -2.10. The van der Waals surface area contributed by atoms with E-state index >= 15 is 0 Å². The molecule has 1 atom stereocenters. The predicted octanol–water partition coefficient (Wildman–Crippen LogP) is 3.84. The molecular weight excluding hydrogens is 180 g/mol. The van der Waals surface area contributed by atoms with Crippen molar-refractivity contribution in [1.29, 1.82) is 0 Å². The number of hydrogen-bond donors (Lipinski definition) is 0. The summed E-state index contributed by atoms with van der Waals surface area (Å²) in [5.41, 5.74) is 3.99. The molecule has 0 fully saturated rings. The van der Waals surface area contributed by atoms with Crippen LogP contribution in [0.1, 0.15) is 11.1 Å². The van der Waals surface area contributed by atoms with Crippen molar-refractivity contribution in [2.24, 2.45) is 5.92 Å². The van der Waals surface area contributed by atoms with Crippen LogP contribution in [0.25, 0.3) is 12.2 Å². The molecule has 72 valence electrons. The van der Waals surface area contributed by atoms with Gasteiger partial charge in [0.15, 0.2) is 0 Å². The number of rotatable bonds is 0. The lowest BCUT2D eigenvalue weighted by atomic mass is 9.94. The zero-order valence-corrected chi connectivity index (χ0v) is 8.43. The molecule has 1 aromatic carbocycles. The topological polar surface area (TPSA) is 0 Å². The second-order valence-electron chi connectivity index (χ2n) is 3.90. The van der Waals surface area contributed by atoms with Crippen molar-refractivity contribution in [2.45, 2.75) is 0 Å². The zero-order chi connectivity index (χ0) is 10.1. The monoisotopic (exact) mass is 192 g/mol. The highest BCUT2D eigenvalue weighted by atomic mass is 14.2. The first-order chi connectivity index (χ1) is 7.43. The summed E-state index contributed by atoms with van der Waals surface area (Å²) in [5, 5.41) is 0. The maximum Gasteiger partial charge on any atom is 0.0205 e. The van der Waals surface area contributed by atoms with E-state index in [1.807, 2.05) is 0 Å². The average molecular weight is 192 g/mol. The molecule has 0 amide bonds. The molecule has 0 saturated heterocycles. The highest BCUT2D eigenvalue weighted by Gasteiger charge is 2.11. The van der Waals surface area contributed by atoms with Gasteiger partial charge in [0.05, 0.1) is 0 Å². The Hall–Kier alpha value is -1.82. The van der Waals surface area contributed by atoms with Crippen LogP contribution >= 0.6 is 0 Å². The van der Waals surface area contributed by atoms with Crippen LogP contribution in [0.15, 0.2) is 60.2 Å². The summed E-state index contributed by atoms with van der Waals surface area (Å²) in [6.07, 6.45) is 15.4. The van der Waals surface area contributed by atoms with Gasteiger partial charge in [-0.25, -0.2) is 0 Å². The van der Waals surface area contributed by atoms with E-state index in [1.54, 1.807) is 0 Å². The predicted molar refractivity (Wildman–Crippen MR) is 65.2 cm³/mol. The van der Waals surface area contributed by atoms with Crippen molar-refractivity contribution in [3.63, 3.8) is 0 Å². The summed E-state index contributed by atoms with van der Waals surface area (Å²) in [6, 6.07) is 8.50. The Balaban J connectivity index is 2.18. The normalized spacial score (nSPS) is 21.6. The first kappa shape index (κ1) is 8.49. The van der Waals surface area contributed by atoms with E-state index in [9.17, 15) is 0 Å². The molecule has 0 N–H and O–H groups in total. The molecule has 0 aliphatic heterocycles. The zero-order valence-electron chi connectivity index (χ0n) is 8.43. The van der Waals surface area contributed by atoms with E-state index < -0.39 is 0 Å². The standard InChI is InChI=1S/C15H12/c1-3-7-14-11-15-8-4-2-6-13(15)10-9-12(14)5-1/h1-12H. The molecule has 1 unspecified atom stereocenters. The molecule has 1 aromatic rings. The van der Waals surface area contributed by atoms with Crippen LogP contribution < -0.4 is 0 Å². The van der Waals surface area contributed by atoms with Crippen LogP contribution in [0.3, 0.4) is 0 Å². The van der Waals surface area contributed by atoms with E-state index in [1.165, 1.54) is 16.7 Å². The van der Waals surface area contributed by atoms with Crippen LogP contribution in [0.5, 0.6) is 0 Å². The maximum absolute atomic E-state index is 2.28. The van der Waals surface area contributed by atoms with Crippen molar-refractivity contribution in [2.75, 3.05) is 0 Å². The van der Waals surface area contributed by atoms with Crippen LogP contribution in [-0.4, -0.2) is 0 Å².